The summed E-state index contributed by atoms with van der Waals surface area (Å²) in [6, 6.07) is 1.26. The van der Waals surface area contributed by atoms with Crippen LogP contribution in [-0.4, -0.2) is 49.1 Å². The van der Waals surface area contributed by atoms with Gasteiger partial charge >= 0.3 is 23.2 Å². The Morgan fingerprint density at radius 2 is 1.64 bits per heavy atom. The first-order valence-corrected chi connectivity index (χ1v) is 10.8. The quantitative estimate of drug-likeness (QED) is 0.203. The molecule has 0 saturated carbocycles. The standard InChI is InChI=1S/C7H15N4O11P3/c8-5-3-6(11-7(9)10-5)20-2-1-19-4-23(12,13)21-25(17,18)22-24(14,15)16/h3H,1-2,4H2,(H,12,13)(H,17,18)(H2,14,15,16)(H4,8,9,10,11). The summed E-state index contributed by atoms with van der Waals surface area (Å²) in [7, 11) is -15.8. The molecule has 8 N–H and O–H groups in total. The highest BCUT2D eigenvalue weighted by molar-refractivity contribution is 7.68. The van der Waals surface area contributed by atoms with Crippen LogP contribution in [0.15, 0.2) is 6.07 Å². The second-order valence-electron chi connectivity index (χ2n) is 4.13. The zero-order valence-corrected chi connectivity index (χ0v) is 14.9. The maximum absolute atomic E-state index is 11.5. The van der Waals surface area contributed by atoms with Gasteiger partial charge < -0.3 is 40.5 Å². The van der Waals surface area contributed by atoms with Crippen molar-refractivity contribution in [1.82, 2.24) is 9.97 Å². The maximum atomic E-state index is 11.5. The summed E-state index contributed by atoms with van der Waals surface area (Å²) in [6.07, 6.45) is -1.08. The van der Waals surface area contributed by atoms with Gasteiger partial charge in [0, 0.05) is 6.07 Å². The molecule has 2 unspecified atom stereocenters. The first kappa shape index (κ1) is 21.9. The average Bonchev–Trinajstić information content (AvgIpc) is 2.32. The van der Waals surface area contributed by atoms with Gasteiger partial charge in [0.05, 0.1) is 6.61 Å². The van der Waals surface area contributed by atoms with Crippen LogP contribution in [-0.2, 0) is 27.1 Å². The molecule has 0 aliphatic heterocycles. The van der Waals surface area contributed by atoms with Crippen LogP contribution < -0.4 is 16.2 Å². The minimum Gasteiger partial charge on any atom is -0.475 e. The number of aromatic nitrogens is 2. The highest BCUT2D eigenvalue weighted by Crippen LogP contribution is 2.65. The van der Waals surface area contributed by atoms with Crippen molar-refractivity contribution in [3.63, 3.8) is 0 Å². The Hall–Kier alpha value is -1.11. The molecule has 15 nitrogen and oxygen atoms in total. The van der Waals surface area contributed by atoms with Crippen molar-refractivity contribution in [1.29, 1.82) is 0 Å². The predicted octanol–water partition coefficient (Wildman–Crippen LogP) is -0.594. The minimum absolute atomic E-state index is 0.0203. The summed E-state index contributed by atoms with van der Waals surface area (Å²) >= 11 is 0. The smallest absolute Gasteiger partial charge is 0.475 e. The number of hydrogen-bond donors (Lipinski definition) is 6. The molecular formula is C7H15N4O11P3. The van der Waals surface area contributed by atoms with Gasteiger partial charge in [-0.15, -0.1) is 0 Å². The van der Waals surface area contributed by atoms with Gasteiger partial charge in [-0.25, -0.2) is 13.4 Å². The molecule has 0 spiro atoms. The molecule has 0 saturated heterocycles. The molecule has 0 fully saturated rings. The van der Waals surface area contributed by atoms with Gasteiger partial charge in [-0.1, -0.05) is 0 Å². The number of nitrogens with zero attached hydrogens (tertiary/aromatic N) is 2. The number of anilines is 2. The molecule has 1 aromatic heterocycles. The van der Waals surface area contributed by atoms with Gasteiger partial charge in [0.1, 0.15) is 18.8 Å². The Kier molecular flexibility index (Phi) is 7.47. The molecule has 0 aliphatic carbocycles. The molecule has 1 aromatic rings. The van der Waals surface area contributed by atoms with Crippen LogP contribution in [0.3, 0.4) is 0 Å². The fourth-order valence-electron chi connectivity index (χ4n) is 1.25. The van der Waals surface area contributed by atoms with Crippen molar-refractivity contribution in [2.24, 2.45) is 0 Å². The molecule has 0 aromatic carbocycles. The van der Waals surface area contributed by atoms with Gasteiger partial charge in [-0.2, -0.15) is 14.3 Å². The third-order valence-electron chi connectivity index (χ3n) is 1.91. The second-order valence-corrected chi connectivity index (χ2v) is 8.89. The number of phosphoric acid groups is 2. The Morgan fingerprint density at radius 3 is 2.20 bits per heavy atom. The van der Waals surface area contributed by atoms with E-state index in [-0.39, 0.29) is 30.9 Å². The summed E-state index contributed by atoms with van der Waals surface area (Å²) in [4.78, 5) is 42.3. The molecule has 0 aliphatic rings. The van der Waals surface area contributed by atoms with E-state index in [9.17, 15) is 18.6 Å². The summed E-state index contributed by atoms with van der Waals surface area (Å²) < 4.78 is 50.0. The van der Waals surface area contributed by atoms with Crippen molar-refractivity contribution < 1.29 is 51.4 Å². The monoisotopic (exact) mass is 424 g/mol. The molecule has 1 heterocycles. The number of nitrogen functional groups attached to an aromatic ring is 2. The Morgan fingerprint density at radius 1 is 1.00 bits per heavy atom. The molecule has 25 heavy (non-hydrogen) atoms. The lowest BCUT2D eigenvalue weighted by atomic mass is 10.5. The summed E-state index contributed by atoms with van der Waals surface area (Å²) in [5.74, 6) is -0.0553. The molecule has 144 valence electrons. The largest absolute Gasteiger partial charge is 0.488 e. The van der Waals surface area contributed by atoms with Gasteiger partial charge in [-0.05, 0) is 0 Å². The van der Waals surface area contributed by atoms with Crippen molar-refractivity contribution in [3.8, 4) is 5.88 Å². The van der Waals surface area contributed by atoms with Crippen molar-refractivity contribution in [2.75, 3.05) is 31.0 Å². The van der Waals surface area contributed by atoms with Crippen molar-refractivity contribution in [2.45, 2.75) is 0 Å². The fourth-order valence-corrected chi connectivity index (χ4v) is 4.56. The number of ether oxygens (including phenoxy) is 2. The van der Waals surface area contributed by atoms with Crippen LogP contribution in [0.25, 0.3) is 0 Å². The maximum Gasteiger partial charge on any atom is 0.488 e. The van der Waals surface area contributed by atoms with E-state index in [1.807, 2.05) is 0 Å². The van der Waals surface area contributed by atoms with E-state index in [4.69, 9.17) is 35.6 Å². The van der Waals surface area contributed by atoms with Gasteiger partial charge in [0.15, 0.2) is 0 Å². The Bertz CT molecular complexity index is 718. The van der Waals surface area contributed by atoms with E-state index >= 15 is 0 Å². The molecule has 0 radical (unpaired) electrons. The third kappa shape index (κ3) is 9.82. The lowest BCUT2D eigenvalue weighted by molar-refractivity contribution is 0.116. The van der Waals surface area contributed by atoms with E-state index in [0.29, 0.717) is 0 Å². The lowest BCUT2D eigenvalue weighted by Gasteiger charge is -2.16. The summed E-state index contributed by atoms with van der Waals surface area (Å²) in [5.41, 5.74) is 10.7. The molecular weight excluding hydrogens is 409 g/mol. The van der Waals surface area contributed by atoms with Crippen molar-refractivity contribution in [3.05, 3.63) is 6.07 Å². The molecule has 1 rings (SSSR count). The second kappa shape index (κ2) is 8.52. The first-order valence-electron chi connectivity index (χ1n) is 6.01. The SMILES string of the molecule is Nc1cc(OCCOCP(=O)(O)OP(=O)(O)OP(=O)(O)O)nc(N)n1. The van der Waals surface area contributed by atoms with Crippen LogP contribution >= 0.6 is 23.2 Å². The van der Waals surface area contributed by atoms with Gasteiger partial charge in [-0.3, -0.25) is 4.57 Å². The highest BCUT2D eigenvalue weighted by Gasteiger charge is 2.39. The van der Waals surface area contributed by atoms with Gasteiger partial charge in [0.25, 0.3) is 0 Å². The molecule has 0 bridgehead atoms. The van der Waals surface area contributed by atoms with E-state index in [2.05, 4.69) is 18.6 Å². The fraction of sp³-hybridized carbons (Fsp3) is 0.429. The van der Waals surface area contributed by atoms with E-state index in [0.717, 1.165) is 0 Å². The average molecular weight is 424 g/mol. The number of nitrogens with two attached hydrogens (primary N) is 2. The van der Waals surface area contributed by atoms with Crippen molar-refractivity contribution >= 4 is 35.0 Å². The predicted molar refractivity (Wildman–Crippen MR) is 81.0 cm³/mol. The topological polar surface area (TPSA) is 247 Å². The van der Waals surface area contributed by atoms with Crippen LogP contribution in [0.5, 0.6) is 5.88 Å². The van der Waals surface area contributed by atoms with Gasteiger partial charge in [0.2, 0.25) is 11.8 Å². The normalized spacial score (nSPS) is 16.8. The minimum atomic E-state index is -5.48. The van der Waals surface area contributed by atoms with Crippen LogP contribution in [0, 0.1) is 0 Å². The summed E-state index contributed by atoms with van der Waals surface area (Å²) in [5, 5.41) is 0. The van der Waals surface area contributed by atoms with Crippen LogP contribution in [0.4, 0.5) is 11.8 Å². The zero-order valence-electron chi connectivity index (χ0n) is 12.2. The highest BCUT2D eigenvalue weighted by atomic mass is 31.3. The van der Waals surface area contributed by atoms with E-state index in [1.54, 1.807) is 0 Å². The van der Waals surface area contributed by atoms with Crippen LogP contribution in [0.1, 0.15) is 0 Å². The Balaban J connectivity index is 2.40. The summed E-state index contributed by atoms with van der Waals surface area (Å²) in [6.45, 7) is -0.460. The van der Waals surface area contributed by atoms with Crippen LogP contribution in [0.2, 0.25) is 0 Å². The number of hydrogen-bond acceptors (Lipinski definition) is 11. The zero-order chi connectivity index (χ0) is 19.3. The molecule has 2 atom stereocenters. The lowest BCUT2D eigenvalue weighted by Crippen LogP contribution is -2.10. The Labute approximate surface area is 140 Å². The third-order valence-corrected chi connectivity index (χ3v) is 5.94. The number of rotatable bonds is 10. The van der Waals surface area contributed by atoms with E-state index < -0.39 is 29.6 Å². The molecule has 18 heteroatoms. The first-order chi connectivity index (χ1) is 11.3. The van der Waals surface area contributed by atoms with E-state index in [1.165, 1.54) is 6.07 Å². The molecule has 0 amide bonds.